The van der Waals surface area contributed by atoms with E-state index in [4.69, 9.17) is 0 Å². The van der Waals surface area contributed by atoms with Gasteiger partial charge in [0, 0.05) is 0 Å². The van der Waals surface area contributed by atoms with Crippen LogP contribution in [0.5, 0.6) is 0 Å². The molecule has 0 saturated heterocycles. The van der Waals surface area contributed by atoms with Crippen LogP contribution in [0.25, 0.3) is 0 Å². The van der Waals surface area contributed by atoms with E-state index < -0.39 is 0 Å². The highest BCUT2D eigenvalue weighted by Gasteiger charge is 1.75. The van der Waals surface area contributed by atoms with Crippen molar-refractivity contribution in [3.63, 3.8) is 0 Å². The van der Waals surface area contributed by atoms with Gasteiger partial charge in [0.05, 0.1) is 0 Å². The van der Waals surface area contributed by atoms with Gasteiger partial charge >= 0.3 is 0 Å². The van der Waals surface area contributed by atoms with Crippen LogP contribution in [0.1, 0.15) is 39.5 Å². The molecule has 0 rings (SSSR count). The minimum atomic E-state index is 0. The van der Waals surface area contributed by atoms with Gasteiger partial charge in [-0.3, -0.25) is 0 Å². The second-order valence-corrected chi connectivity index (χ2v) is 1.71. The van der Waals surface area contributed by atoms with Crippen LogP contribution in [0.4, 0.5) is 0 Å². The lowest BCUT2D eigenvalue weighted by Crippen LogP contribution is -1.66. The lowest BCUT2D eigenvalue weighted by atomic mass is 10.2. The Hall–Kier alpha value is 0.217. The lowest BCUT2D eigenvalue weighted by Gasteiger charge is -1.86. The standard InChI is InChI=1S/C6H14.H4Si/c1-3-5-6-4-2;/h3-6H2,1-2H3;1H4. The summed E-state index contributed by atoms with van der Waals surface area (Å²) in [5, 5.41) is 0. The molecule has 0 aromatic rings. The Balaban J connectivity index is 0. The van der Waals surface area contributed by atoms with Crippen molar-refractivity contribution >= 4 is 11.0 Å². The van der Waals surface area contributed by atoms with Crippen molar-refractivity contribution in [2.75, 3.05) is 0 Å². The molecule has 0 spiro atoms. The molecule has 0 amide bonds. The molecule has 0 saturated carbocycles. The monoisotopic (exact) mass is 118 g/mol. The Morgan fingerprint density at radius 3 is 1.29 bits per heavy atom. The van der Waals surface area contributed by atoms with E-state index in [1.54, 1.807) is 0 Å². The van der Waals surface area contributed by atoms with Crippen molar-refractivity contribution in [1.29, 1.82) is 0 Å². The van der Waals surface area contributed by atoms with E-state index >= 15 is 0 Å². The minimum absolute atomic E-state index is 0. The summed E-state index contributed by atoms with van der Waals surface area (Å²) in [4.78, 5) is 0. The Bertz CT molecular complexity index is 16.1. The van der Waals surface area contributed by atoms with Crippen LogP contribution in [0.2, 0.25) is 0 Å². The Morgan fingerprint density at radius 1 is 0.857 bits per heavy atom. The van der Waals surface area contributed by atoms with Crippen molar-refractivity contribution in [2.45, 2.75) is 39.5 Å². The van der Waals surface area contributed by atoms with Gasteiger partial charge in [-0.1, -0.05) is 39.5 Å². The summed E-state index contributed by atoms with van der Waals surface area (Å²) in [7, 11) is 0. The second-order valence-electron chi connectivity index (χ2n) is 1.71. The first-order valence-corrected chi connectivity index (χ1v) is 2.91. The molecular weight excluding hydrogens is 100 g/mol. The maximum Gasteiger partial charge on any atom is -0.0149 e. The van der Waals surface area contributed by atoms with Crippen molar-refractivity contribution in [1.82, 2.24) is 0 Å². The zero-order chi connectivity index (χ0) is 4.83. The van der Waals surface area contributed by atoms with Gasteiger partial charge in [-0.25, -0.2) is 0 Å². The van der Waals surface area contributed by atoms with E-state index in [1.807, 2.05) is 0 Å². The Morgan fingerprint density at radius 2 is 1.14 bits per heavy atom. The lowest BCUT2D eigenvalue weighted by molar-refractivity contribution is 0.702. The summed E-state index contributed by atoms with van der Waals surface area (Å²) < 4.78 is 0. The Kier molecular flexibility index (Phi) is 13.9. The predicted molar refractivity (Wildman–Crippen MR) is 41.2 cm³/mol. The van der Waals surface area contributed by atoms with Gasteiger partial charge in [-0.2, -0.15) is 0 Å². The molecule has 0 radical (unpaired) electrons. The quantitative estimate of drug-likeness (QED) is 0.385. The van der Waals surface area contributed by atoms with Gasteiger partial charge in [0.1, 0.15) is 0 Å². The van der Waals surface area contributed by atoms with E-state index in [1.165, 1.54) is 25.7 Å². The third kappa shape index (κ3) is 10.7. The molecule has 0 aromatic heterocycles. The fraction of sp³-hybridized carbons (Fsp3) is 1.00. The van der Waals surface area contributed by atoms with Crippen LogP contribution in [-0.4, -0.2) is 11.0 Å². The molecule has 7 heavy (non-hydrogen) atoms. The van der Waals surface area contributed by atoms with Crippen LogP contribution in [-0.2, 0) is 0 Å². The van der Waals surface area contributed by atoms with Crippen LogP contribution < -0.4 is 0 Å². The third-order valence-corrected chi connectivity index (χ3v) is 0.957. The molecule has 0 N–H and O–H groups in total. The third-order valence-electron chi connectivity index (χ3n) is 0.957. The van der Waals surface area contributed by atoms with E-state index in [9.17, 15) is 0 Å². The maximum absolute atomic E-state index is 2.23. The molecule has 46 valence electrons. The van der Waals surface area contributed by atoms with Crippen molar-refractivity contribution in [3.8, 4) is 0 Å². The van der Waals surface area contributed by atoms with Gasteiger partial charge < -0.3 is 0 Å². The van der Waals surface area contributed by atoms with E-state index in [-0.39, 0.29) is 11.0 Å². The zero-order valence-corrected chi connectivity index (χ0v) is 4.83. The first-order chi connectivity index (χ1) is 2.91. The SMILES string of the molecule is CCCCCC.[SiH4]. The molecule has 0 nitrogen and oxygen atoms in total. The number of rotatable bonds is 3. The fourth-order valence-corrected chi connectivity index (χ4v) is 0.500. The van der Waals surface area contributed by atoms with Crippen molar-refractivity contribution in [2.24, 2.45) is 0 Å². The number of hydrogen-bond donors (Lipinski definition) is 0. The largest absolute Gasteiger partial charge is 0.0654 e. The van der Waals surface area contributed by atoms with E-state index in [2.05, 4.69) is 13.8 Å². The molecule has 0 bridgehead atoms. The average molecular weight is 118 g/mol. The topological polar surface area (TPSA) is 0 Å². The summed E-state index contributed by atoms with van der Waals surface area (Å²) in [6.07, 6.45) is 5.54. The molecule has 0 aromatic carbocycles. The maximum atomic E-state index is 2.23. The summed E-state index contributed by atoms with van der Waals surface area (Å²) in [5.74, 6) is 0. The first kappa shape index (κ1) is 10.2. The first-order valence-electron chi connectivity index (χ1n) is 2.91. The molecule has 0 aliphatic heterocycles. The van der Waals surface area contributed by atoms with Crippen molar-refractivity contribution < 1.29 is 0 Å². The molecule has 1 heteroatoms. The highest BCUT2D eigenvalue weighted by molar-refractivity contribution is 5.75. The normalized spacial score (nSPS) is 7.71. The van der Waals surface area contributed by atoms with E-state index in [0.29, 0.717) is 0 Å². The molecular formula is C6H18Si. The van der Waals surface area contributed by atoms with E-state index in [0.717, 1.165) is 0 Å². The van der Waals surface area contributed by atoms with Crippen LogP contribution >= 0.6 is 0 Å². The second kappa shape index (κ2) is 9.52. The summed E-state index contributed by atoms with van der Waals surface area (Å²) in [5.41, 5.74) is 0. The highest BCUT2D eigenvalue weighted by atomic mass is 28.1. The van der Waals surface area contributed by atoms with Crippen molar-refractivity contribution in [3.05, 3.63) is 0 Å². The minimum Gasteiger partial charge on any atom is -0.0654 e. The smallest absolute Gasteiger partial charge is 0.0149 e. The molecule has 0 aliphatic rings. The van der Waals surface area contributed by atoms with Gasteiger partial charge in [-0.05, 0) is 11.0 Å². The Labute approximate surface area is 51.3 Å². The zero-order valence-electron chi connectivity index (χ0n) is 4.83. The molecule has 0 fully saturated rings. The van der Waals surface area contributed by atoms with Crippen LogP contribution in [0.3, 0.4) is 0 Å². The molecule has 0 aliphatic carbocycles. The number of unbranched alkanes of at least 4 members (excludes halogenated alkanes) is 3. The van der Waals surface area contributed by atoms with Crippen LogP contribution in [0, 0.1) is 0 Å². The summed E-state index contributed by atoms with van der Waals surface area (Å²) in [6, 6.07) is 0. The summed E-state index contributed by atoms with van der Waals surface area (Å²) >= 11 is 0. The van der Waals surface area contributed by atoms with Crippen LogP contribution in [0.15, 0.2) is 0 Å². The molecule has 0 atom stereocenters. The van der Waals surface area contributed by atoms with Gasteiger partial charge in [0.25, 0.3) is 0 Å². The molecule has 0 unspecified atom stereocenters. The van der Waals surface area contributed by atoms with Gasteiger partial charge in [0.2, 0.25) is 0 Å². The highest BCUT2D eigenvalue weighted by Crippen LogP contribution is 1.95. The average Bonchev–Trinajstić information content (AvgIpc) is 1.61. The fourth-order valence-electron chi connectivity index (χ4n) is 0.500. The summed E-state index contributed by atoms with van der Waals surface area (Å²) in [6.45, 7) is 4.46. The van der Waals surface area contributed by atoms with Gasteiger partial charge in [0.15, 0.2) is 0 Å². The number of hydrogen-bond acceptors (Lipinski definition) is 0. The predicted octanol–water partition coefficient (Wildman–Crippen LogP) is 1.13. The molecule has 0 heterocycles. The van der Waals surface area contributed by atoms with Gasteiger partial charge in [-0.15, -0.1) is 0 Å².